The van der Waals surface area contributed by atoms with E-state index < -0.39 is 0 Å². The van der Waals surface area contributed by atoms with Gasteiger partial charge in [0.25, 0.3) is 5.91 Å². The fourth-order valence-corrected chi connectivity index (χ4v) is 2.92. The summed E-state index contributed by atoms with van der Waals surface area (Å²) >= 11 is 1.58. The van der Waals surface area contributed by atoms with E-state index in [1.54, 1.807) is 17.5 Å². The number of thiazole rings is 1. The van der Waals surface area contributed by atoms with E-state index in [9.17, 15) is 4.79 Å². The Hall–Kier alpha value is -1.73. The van der Waals surface area contributed by atoms with Gasteiger partial charge in [0, 0.05) is 17.9 Å². The molecule has 1 atom stereocenters. The van der Waals surface area contributed by atoms with Crippen LogP contribution in [-0.2, 0) is 11.3 Å². The number of amides is 1. The van der Waals surface area contributed by atoms with Crippen molar-refractivity contribution in [2.75, 3.05) is 13.2 Å². The Morgan fingerprint density at radius 3 is 3.25 bits per heavy atom. The highest BCUT2D eigenvalue weighted by molar-refractivity contribution is 7.09. The van der Waals surface area contributed by atoms with E-state index in [4.69, 9.17) is 4.74 Å². The molecule has 20 heavy (non-hydrogen) atoms. The second-order valence-electron chi connectivity index (χ2n) is 4.80. The van der Waals surface area contributed by atoms with Gasteiger partial charge in [0.1, 0.15) is 0 Å². The predicted octanol–water partition coefficient (Wildman–Crippen LogP) is 1.61. The molecule has 106 valence electrons. The molecule has 0 aliphatic carbocycles. The molecule has 1 amide bonds. The number of carbonyl (C=O) groups excluding carboxylic acids is 1. The van der Waals surface area contributed by atoms with Crippen LogP contribution >= 0.6 is 11.3 Å². The van der Waals surface area contributed by atoms with E-state index in [1.165, 1.54) is 0 Å². The predicted molar refractivity (Wildman–Crippen MR) is 74.8 cm³/mol. The molecule has 0 radical (unpaired) electrons. The Labute approximate surface area is 120 Å². The number of ether oxygens (including phenoxy) is 1. The Bertz CT molecular complexity index is 601. The summed E-state index contributed by atoms with van der Waals surface area (Å²) < 4.78 is 5.36. The van der Waals surface area contributed by atoms with Crippen LogP contribution in [-0.4, -0.2) is 34.3 Å². The monoisotopic (exact) mass is 292 g/mol. The molecule has 1 fully saturated rings. The number of nitrogens with zero attached hydrogens (tertiary/aromatic N) is 2. The maximum atomic E-state index is 12.2. The molecular formula is C13H16N4O2S. The van der Waals surface area contributed by atoms with Crippen LogP contribution in [0.15, 0.2) is 11.6 Å². The standard InChI is InChI=1S/C13H16N4O2S/c1-8-16-10(7-20-8)4-14-13(18)11-5-15-17-12(11)9-2-3-19-6-9/h5,7,9H,2-4,6H2,1H3,(H,14,18)(H,15,17)/t9-/m0/s1. The van der Waals surface area contributed by atoms with Crippen LogP contribution in [0.2, 0.25) is 0 Å². The van der Waals surface area contributed by atoms with Gasteiger partial charge in [-0.05, 0) is 13.3 Å². The molecule has 1 aliphatic heterocycles. The molecule has 6 nitrogen and oxygen atoms in total. The Kier molecular flexibility index (Phi) is 3.79. The Morgan fingerprint density at radius 2 is 2.55 bits per heavy atom. The molecule has 1 saturated heterocycles. The third-order valence-electron chi connectivity index (χ3n) is 3.35. The number of rotatable bonds is 4. The van der Waals surface area contributed by atoms with Gasteiger partial charge in [-0.3, -0.25) is 9.89 Å². The van der Waals surface area contributed by atoms with Gasteiger partial charge in [-0.25, -0.2) is 4.98 Å². The molecule has 0 saturated carbocycles. The molecule has 2 aromatic rings. The summed E-state index contributed by atoms with van der Waals surface area (Å²) in [6, 6.07) is 0. The van der Waals surface area contributed by atoms with Crippen LogP contribution in [0.25, 0.3) is 0 Å². The highest BCUT2D eigenvalue weighted by atomic mass is 32.1. The van der Waals surface area contributed by atoms with Crippen LogP contribution < -0.4 is 5.32 Å². The lowest BCUT2D eigenvalue weighted by molar-refractivity contribution is 0.0949. The molecule has 1 aliphatic rings. The summed E-state index contributed by atoms with van der Waals surface area (Å²) in [5.74, 6) is 0.117. The summed E-state index contributed by atoms with van der Waals surface area (Å²) in [7, 11) is 0. The second-order valence-corrected chi connectivity index (χ2v) is 5.86. The van der Waals surface area contributed by atoms with Gasteiger partial charge in [0.15, 0.2) is 0 Å². The molecule has 0 bridgehead atoms. The van der Waals surface area contributed by atoms with Crippen molar-refractivity contribution in [2.24, 2.45) is 0 Å². The molecule has 0 unspecified atom stereocenters. The molecule has 7 heteroatoms. The average molecular weight is 292 g/mol. The topological polar surface area (TPSA) is 79.9 Å². The molecule has 3 rings (SSSR count). The molecule has 2 N–H and O–H groups in total. The van der Waals surface area contributed by atoms with E-state index in [2.05, 4.69) is 20.5 Å². The molecule has 2 aromatic heterocycles. The third kappa shape index (κ3) is 2.73. The maximum Gasteiger partial charge on any atom is 0.255 e. The normalized spacial score (nSPS) is 18.4. The fourth-order valence-electron chi connectivity index (χ4n) is 2.31. The van der Waals surface area contributed by atoms with Crippen LogP contribution in [0.3, 0.4) is 0 Å². The molecular weight excluding hydrogens is 276 g/mol. The minimum atomic E-state index is -0.119. The van der Waals surface area contributed by atoms with Crippen molar-refractivity contribution in [3.8, 4) is 0 Å². The van der Waals surface area contributed by atoms with Crippen molar-refractivity contribution in [3.63, 3.8) is 0 Å². The lowest BCUT2D eigenvalue weighted by atomic mass is 10.0. The first-order chi connectivity index (χ1) is 9.74. The van der Waals surface area contributed by atoms with E-state index >= 15 is 0 Å². The minimum absolute atomic E-state index is 0.119. The minimum Gasteiger partial charge on any atom is -0.381 e. The summed E-state index contributed by atoms with van der Waals surface area (Å²) in [6.45, 7) is 3.77. The summed E-state index contributed by atoms with van der Waals surface area (Å²) in [4.78, 5) is 16.6. The zero-order valence-corrected chi connectivity index (χ0v) is 12.0. The number of aryl methyl sites for hydroxylation is 1. The van der Waals surface area contributed by atoms with Gasteiger partial charge in [-0.15, -0.1) is 11.3 Å². The number of nitrogens with one attached hydrogen (secondary N) is 2. The highest BCUT2D eigenvalue weighted by Crippen LogP contribution is 2.26. The molecule has 0 spiro atoms. The number of aromatic amines is 1. The van der Waals surface area contributed by atoms with Gasteiger partial charge in [-0.1, -0.05) is 0 Å². The van der Waals surface area contributed by atoms with Crippen LogP contribution in [0.5, 0.6) is 0 Å². The van der Waals surface area contributed by atoms with Crippen molar-refractivity contribution in [2.45, 2.75) is 25.8 Å². The lowest BCUT2D eigenvalue weighted by Gasteiger charge is -2.08. The number of H-pyrrole nitrogens is 1. The Balaban J connectivity index is 1.66. The van der Waals surface area contributed by atoms with Crippen molar-refractivity contribution >= 4 is 17.2 Å². The smallest absolute Gasteiger partial charge is 0.255 e. The first-order valence-electron chi connectivity index (χ1n) is 6.54. The number of carbonyl (C=O) groups is 1. The van der Waals surface area contributed by atoms with Gasteiger partial charge < -0.3 is 10.1 Å². The van der Waals surface area contributed by atoms with Gasteiger partial charge in [0.05, 0.1) is 41.3 Å². The van der Waals surface area contributed by atoms with Gasteiger partial charge in [-0.2, -0.15) is 5.10 Å². The van der Waals surface area contributed by atoms with E-state index in [0.29, 0.717) is 18.7 Å². The maximum absolute atomic E-state index is 12.2. The number of aromatic nitrogens is 3. The quantitative estimate of drug-likeness (QED) is 0.897. The van der Waals surface area contributed by atoms with Crippen molar-refractivity contribution < 1.29 is 9.53 Å². The van der Waals surface area contributed by atoms with Crippen molar-refractivity contribution in [3.05, 3.63) is 33.5 Å². The molecule has 3 heterocycles. The highest BCUT2D eigenvalue weighted by Gasteiger charge is 2.25. The largest absolute Gasteiger partial charge is 0.381 e. The van der Waals surface area contributed by atoms with E-state index in [0.717, 1.165) is 29.4 Å². The third-order valence-corrected chi connectivity index (χ3v) is 4.17. The first-order valence-corrected chi connectivity index (χ1v) is 7.42. The van der Waals surface area contributed by atoms with Gasteiger partial charge in [0.2, 0.25) is 0 Å². The second kappa shape index (κ2) is 5.72. The number of hydrogen-bond acceptors (Lipinski definition) is 5. The zero-order valence-electron chi connectivity index (χ0n) is 11.2. The first kappa shape index (κ1) is 13.3. The van der Waals surface area contributed by atoms with Crippen molar-refractivity contribution in [1.29, 1.82) is 0 Å². The van der Waals surface area contributed by atoms with Crippen molar-refractivity contribution in [1.82, 2.24) is 20.5 Å². The van der Waals surface area contributed by atoms with E-state index in [1.807, 2.05) is 12.3 Å². The van der Waals surface area contributed by atoms with Crippen LogP contribution in [0.4, 0.5) is 0 Å². The van der Waals surface area contributed by atoms with Crippen LogP contribution in [0.1, 0.15) is 39.1 Å². The Morgan fingerprint density at radius 1 is 1.65 bits per heavy atom. The summed E-state index contributed by atoms with van der Waals surface area (Å²) in [6.07, 6.45) is 2.50. The van der Waals surface area contributed by atoms with Gasteiger partial charge >= 0.3 is 0 Å². The average Bonchev–Trinajstić information content (AvgIpc) is 3.16. The molecule has 0 aromatic carbocycles. The summed E-state index contributed by atoms with van der Waals surface area (Å²) in [5, 5.41) is 12.8. The zero-order chi connectivity index (χ0) is 13.9. The fraction of sp³-hybridized carbons (Fsp3) is 0.462. The van der Waals surface area contributed by atoms with E-state index in [-0.39, 0.29) is 11.8 Å². The SMILES string of the molecule is Cc1nc(CNC(=O)c2cn[nH]c2[C@H]2CCOC2)cs1. The summed E-state index contributed by atoms with van der Waals surface area (Å²) in [5.41, 5.74) is 2.36. The van der Waals surface area contributed by atoms with Crippen LogP contribution in [0, 0.1) is 6.92 Å². The number of hydrogen-bond donors (Lipinski definition) is 2. The lowest BCUT2D eigenvalue weighted by Crippen LogP contribution is -2.24.